The summed E-state index contributed by atoms with van der Waals surface area (Å²) in [6, 6.07) is 9.58. The molecule has 3 heteroatoms. The van der Waals surface area contributed by atoms with Crippen LogP contribution in [-0.4, -0.2) is 24.4 Å². The Morgan fingerprint density at radius 3 is 2.57 bits per heavy atom. The molecule has 14 heavy (non-hydrogen) atoms. The molecule has 3 nitrogen and oxygen atoms in total. The quantitative estimate of drug-likeness (QED) is 0.716. The molecule has 1 aromatic carbocycles. The molecule has 0 heterocycles. The van der Waals surface area contributed by atoms with Gasteiger partial charge in [0.2, 0.25) is 0 Å². The van der Waals surface area contributed by atoms with Crippen LogP contribution in [0.3, 0.4) is 0 Å². The third kappa shape index (κ3) is 4.25. The number of aliphatic hydroxyl groups excluding tert-OH is 1. The molecule has 0 aliphatic rings. The van der Waals surface area contributed by atoms with Gasteiger partial charge in [0.15, 0.2) is 0 Å². The van der Waals surface area contributed by atoms with Crippen molar-refractivity contribution in [1.82, 2.24) is 0 Å². The second-order valence-corrected chi connectivity index (χ2v) is 3.18. The first kappa shape index (κ1) is 11.0. The lowest BCUT2D eigenvalue weighted by molar-refractivity contribution is 0.133. The van der Waals surface area contributed by atoms with E-state index in [1.165, 1.54) is 0 Å². The highest BCUT2D eigenvalue weighted by molar-refractivity contribution is 5.20. The second-order valence-electron chi connectivity index (χ2n) is 3.18. The van der Waals surface area contributed by atoms with Crippen LogP contribution >= 0.6 is 0 Å². The highest BCUT2D eigenvalue weighted by atomic mass is 16.5. The number of nitrogens with two attached hydrogens (primary N) is 1. The zero-order valence-electron chi connectivity index (χ0n) is 8.23. The van der Waals surface area contributed by atoms with Crippen LogP contribution in [0.4, 0.5) is 0 Å². The SMILES string of the molecule is NCCC(O)CCOc1ccccc1. The Balaban J connectivity index is 2.16. The van der Waals surface area contributed by atoms with Crippen LogP contribution in [0.15, 0.2) is 30.3 Å². The molecule has 0 aliphatic heterocycles. The summed E-state index contributed by atoms with van der Waals surface area (Å²) in [6.07, 6.45) is 0.924. The Labute approximate surface area is 84.5 Å². The number of hydrogen-bond acceptors (Lipinski definition) is 3. The number of rotatable bonds is 6. The molecule has 1 unspecified atom stereocenters. The van der Waals surface area contributed by atoms with E-state index in [-0.39, 0.29) is 6.10 Å². The van der Waals surface area contributed by atoms with Gasteiger partial charge in [0.05, 0.1) is 12.7 Å². The number of aliphatic hydroxyl groups is 1. The molecule has 0 spiro atoms. The van der Waals surface area contributed by atoms with Crippen LogP contribution in [0.25, 0.3) is 0 Å². The molecule has 0 amide bonds. The van der Waals surface area contributed by atoms with Crippen LogP contribution in [-0.2, 0) is 0 Å². The van der Waals surface area contributed by atoms with Crippen molar-refractivity contribution in [2.75, 3.05) is 13.2 Å². The Hall–Kier alpha value is -1.06. The van der Waals surface area contributed by atoms with Crippen LogP contribution in [0.5, 0.6) is 5.75 Å². The van der Waals surface area contributed by atoms with Gasteiger partial charge in [0, 0.05) is 6.42 Å². The number of para-hydroxylation sites is 1. The maximum Gasteiger partial charge on any atom is 0.119 e. The van der Waals surface area contributed by atoms with Crippen molar-refractivity contribution in [2.24, 2.45) is 5.73 Å². The minimum absolute atomic E-state index is 0.344. The predicted octanol–water partition coefficient (Wildman–Crippen LogP) is 1.17. The molecule has 1 rings (SSSR count). The Bertz CT molecular complexity index is 238. The number of benzene rings is 1. The molecular formula is C11H17NO2. The molecule has 1 aromatic rings. The summed E-state index contributed by atoms with van der Waals surface area (Å²) in [7, 11) is 0. The maximum atomic E-state index is 9.37. The molecule has 0 aromatic heterocycles. The molecule has 1 atom stereocenters. The van der Waals surface area contributed by atoms with Crippen molar-refractivity contribution < 1.29 is 9.84 Å². The lowest BCUT2D eigenvalue weighted by Crippen LogP contribution is -2.16. The second kappa shape index (κ2) is 6.40. The molecule has 0 saturated heterocycles. The third-order valence-corrected chi connectivity index (χ3v) is 1.96. The summed E-state index contributed by atoms with van der Waals surface area (Å²) in [4.78, 5) is 0. The molecule has 3 N–H and O–H groups in total. The van der Waals surface area contributed by atoms with Gasteiger partial charge in [-0.3, -0.25) is 0 Å². The first-order valence-electron chi connectivity index (χ1n) is 4.89. The smallest absolute Gasteiger partial charge is 0.119 e. The average Bonchev–Trinajstić information content (AvgIpc) is 2.20. The number of hydrogen-bond donors (Lipinski definition) is 2. The van der Waals surface area contributed by atoms with Crippen LogP contribution in [0.1, 0.15) is 12.8 Å². The monoisotopic (exact) mass is 195 g/mol. The van der Waals surface area contributed by atoms with Crippen molar-refractivity contribution >= 4 is 0 Å². The molecule has 78 valence electrons. The van der Waals surface area contributed by atoms with Gasteiger partial charge in [-0.25, -0.2) is 0 Å². The van der Waals surface area contributed by atoms with E-state index in [2.05, 4.69) is 0 Å². The fourth-order valence-corrected chi connectivity index (χ4v) is 1.17. The lowest BCUT2D eigenvalue weighted by atomic mass is 10.2. The lowest BCUT2D eigenvalue weighted by Gasteiger charge is -2.10. The topological polar surface area (TPSA) is 55.5 Å². The standard InChI is InChI=1S/C11H17NO2/c12-8-6-10(13)7-9-14-11-4-2-1-3-5-11/h1-5,10,13H,6-9,12H2. The summed E-state index contributed by atoms with van der Waals surface area (Å²) >= 11 is 0. The molecular weight excluding hydrogens is 178 g/mol. The highest BCUT2D eigenvalue weighted by Gasteiger charge is 2.02. The van der Waals surface area contributed by atoms with E-state index in [1.54, 1.807) is 0 Å². The van der Waals surface area contributed by atoms with Crippen molar-refractivity contribution in [3.05, 3.63) is 30.3 Å². The van der Waals surface area contributed by atoms with Gasteiger partial charge < -0.3 is 15.6 Å². The van der Waals surface area contributed by atoms with Crippen LogP contribution in [0, 0.1) is 0 Å². The van der Waals surface area contributed by atoms with Crippen molar-refractivity contribution in [2.45, 2.75) is 18.9 Å². The number of ether oxygens (including phenoxy) is 1. The fraction of sp³-hybridized carbons (Fsp3) is 0.455. The predicted molar refractivity (Wildman–Crippen MR) is 56.2 cm³/mol. The van der Waals surface area contributed by atoms with Crippen molar-refractivity contribution in [3.63, 3.8) is 0 Å². The Morgan fingerprint density at radius 2 is 1.93 bits per heavy atom. The van der Waals surface area contributed by atoms with Gasteiger partial charge >= 0.3 is 0 Å². The van der Waals surface area contributed by atoms with E-state index in [1.807, 2.05) is 30.3 Å². The Kier molecular flexibility index (Phi) is 5.04. The normalized spacial score (nSPS) is 12.4. The van der Waals surface area contributed by atoms with E-state index in [4.69, 9.17) is 10.5 Å². The summed E-state index contributed by atoms with van der Waals surface area (Å²) in [5, 5.41) is 9.37. The van der Waals surface area contributed by atoms with Gasteiger partial charge in [0.25, 0.3) is 0 Å². The average molecular weight is 195 g/mol. The van der Waals surface area contributed by atoms with E-state index in [0.717, 1.165) is 5.75 Å². The summed E-state index contributed by atoms with van der Waals surface area (Å²) in [6.45, 7) is 1.05. The van der Waals surface area contributed by atoms with Gasteiger partial charge in [-0.05, 0) is 25.1 Å². The first-order chi connectivity index (χ1) is 6.83. The zero-order chi connectivity index (χ0) is 10.2. The highest BCUT2D eigenvalue weighted by Crippen LogP contribution is 2.09. The van der Waals surface area contributed by atoms with E-state index < -0.39 is 0 Å². The molecule has 0 fully saturated rings. The Morgan fingerprint density at radius 1 is 1.21 bits per heavy atom. The van der Waals surface area contributed by atoms with Crippen molar-refractivity contribution in [3.8, 4) is 5.75 Å². The van der Waals surface area contributed by atoms with E-state index in [0.29, 0.717) is 26.0 Å². The molecule has 0 aliphatic carbocycles. The summed E-state index contributed by atoms with van der Waals surface area (Å²) in [5.41, 5.74) is 5.31. The zero-order valence-corrected chi connectivity index (χ0v) is 8.23. The van der Waals surface area contributed by atoms with E-state index >= 15 is 0 Å². The fourth-order valence-electron chi connectivity index (χ4n) is 1.17. The minimum Gasteiger partial charge on any atom is -0.493 e. The largest absolute Gasteiger partial charge is 0.493 e. The van der Waals surface area contributed by atoms with Crippen LogP contribution < -0.4 is 10.5 Å². The van der Waals surface area contributed by atoms with Crippen molar-refractivity contribution in [1.29, 1.82) is 0 Å². The first-order valence-corrected chi connectivity index (χ1v) is 4.89. The molecule has 0 bridgehead atoms. The van der Waals surface area contributed by atoms with Gasteiger partial charge in [0.1, 0.15) is 5.75 Å². The maximum absolute atomic E-state index is 9.37. The van der Waals surface area contributed by atoms with E-state index in [9.17, 15) is 5.11 Å². The summed E-state index contributed by atoms with van der Waals surface area (Å²) in [5.74, 6) is 0.840. The minimum atomic E-state index is -0.344. The molecule has 0 radical (unpaired) electrons. The van der Waals surface area contributed by atoms with Gasteiger partial charge in [-0.15, -0.1) is 0 Å². The van der Waals surface area contributed by atoms with Gasteiger partial charge in [-0.1, -0.05) is 18.2 Å². The summed E-state index contributed by atoms with van der Waals surface area (Å²) < 4.78 is 5.42. The van der Waals surface area contributed by atoms with Gasteiger partial charge in [-0.2, -0.15) is 0 Å². The van der Waals surface area contributed by atoms with Crippen LogP contribution in [0.2, 0.25) is 0 Å². The third-order valence-electron chi connectivity index (χ3n) is 1.96. The molecule has 0 saturated carbocycles.